The van der Waals surface area contributed by atoms with Gasteiger partial charge in [-0.3, -0.25) is 9.10 Å². The molecule has 0 radical (unpaired) electrons. The molecule has 0 fully saturated rings. The summed E-state index contributed by atoms with van der Waals surface area (Å²) in [5.74, 6) is 1.29. The van der Waals surface area contributed by atoms with Gasteiger partial charge in [0.25, 0.3) is 10.0 Å². The van der Waals surface area contributed by atoms with Crippen molar-refractivity contribution < 1.29 is 13.2 Å². The quantitative estimate of drug-likeness (QED) is 0.419. The van der Waals surface area contributed by atoms with Gasteiger partial charge in [-0.2, -0.15) is 11.8 Å². The first kappa shape index (κ1) is 24.9. The molecular formula is C26H30N2O3S2. The zero-order valence-corrected chi connectivity index (χ0v) is 20.9. The molecule has 7 heteroatoms. The summed E-state index contributed by atoms with van der Waals surface area (Å²) >= 11 is 1.73. The number of benzene rings is 3. The summed E-state index contributed by atoms with van der Waals surface area (Å²) < 4.78 is 28.1. The molecule has 0 heterocycles. The van der Waals surface area contributed by atoms with Crippen molar-refractivity contribution in [3.63, 3.8) is 0 Å². The summed E-state index contributed by atoms with van der Waals surface area (Å²) in [6, 6.07) is 22.1. The third-order valence-corrected chi connectivity index (χ3v) is 8.19. The van der Waals surface area contributed by atoms with Gasteiger partial charge in [0, 0.05) is 18.1 Å². The molecule has 1 N–H and O–H groups in total. The second kappa shape index (κ2) is 11.4. The Morgan fingerprint density at radius 2 is 1.67 bits per heavy atom. The van der Waals surface area contributed by atoms with Crippen LogP contribution < -0.4 is 9.62 Å². The molecular weight excluding hydrogens is 452 g/mol. The van der Waals surface area contributed by atoms with Gasteiger partial charge < -0.3 is 5.32 Å². The molecule has 0 saturated carbocycles. The second-order valence-electron chi connectivity index (χ2n) is 7.94. The predicted octanol–water partition coefficient (Wildman–Crippen LogP) is 4.86. The molecule has 0 unspecified atom stereocenters. The zero-order chi connectivity index (χ0) is 23.8. The minimum atomic E-state index is -3.90. The molecule has 33 heavy (non-hydrogen) atoms. The number of rotatable bonds is 10. The second-order valence-corrected chi connectivity index (χ2v) is 10.9. The van der Waals surface area contributed by atoms with Crippen LogP contribution in [0.15, 0.2) is 77.7 Å². The van der Waals surface area contributed by atoms with Crippen LogP contribution in [0.3, 0.4) is 0 Å². The summed E-state index contributed by atoms with van der Waals surface area (Å²) in [7, 11) is -3.90. The fraction of sp³-hybridized carbons (Fsp3) is 0.269. The van der Waals surface area contributed by atoms with Gasteiger partial charge in [0.1, 0.15) is 6.54 Å². The third-order valence-electron chi connectivity index (χ3n) is 5.38. The number of anilines is 1. The van der Waals surface area contributed by atoms with E-state index in [0.717, 1.165) is 22.6 Å². The lowest BCUT2D eigenvalue weighted by atomic mass is 10.1. The van der Waals surface area contributed by atoms with E-state index in [-0.39, 0.29) is 17.3 Å². The maximum atomic E-state index is 13.4. The molecule has 0 saturated heterocycles. The molecule has 0 aliphatic heterocycles. The maximum absolute atomic E-state index is 13.4. The molecule has 3 rings (SSSR count). The van der Waals surface area contributed by atoms with E-state index in [0.29, 0.717) is 12.2 Å². The number of nitrogens with one attached hydrogen (secondary N) is 1. The minimum absolute atomic E-state index is 0.160. The normalized spacial score (nSPS) is 11.2. The number of thioether (sulfide) groups is 1. The highest BCUT2D eigenvalue weighted by atomic mass is 32.2. The molecule has 0 atom stereocenters. The average molecular weight is 483 g/mol. The van der Waals surface area contributed by atoms with Crippen LogP contribution in [0.4, 0.5) is 5.69 Å². The van der Waals surface area contributed by atoms with E-state index in [4.69, 9.17) is 0 Å². The fourth-order valence-electron chi connectivity index (χ4n) is 3.47. The van der Waals surface area contributed by atoms with Crippen LogP contribution in [0.25, 0.3) is 0 Å². The Bertz CT molecular complexity index is 1200. The number of hydrogen-bond donors (Lipinski definition) is 1. The highest BCUT2D eigenvalue weighted by molar-refractivity contribution is 7.98. The molecule has 0 aliphatic rings. The molecule has 174 valence electrons. The predicted molar refractivity (Wildman–Crippen MR) is 137 cm³/mol. The molecule has 1 amide bonds. The Hall–Kier alpha value is -2.77. The van der Waals surface area contributed by atoms with Gasteiger partial charge in [0.15, 0.2) is 0 Å². The van der Waals surface area contributed by atoms with Crippen LogP contribution in [0.2, 0.25) is 0 Å². The first-order valence-electron chi connectivity index (χ1n) is 10.8. The fourth-order valence-corrected chi connectivity index (χ4v) is 5.77. The van der Waals surface area contributed by atoms with Crippen LogP contribution in [0.1, 0.15) is 22.3 Å². The SMILES string of the molecule is Cc1cccc(CSCCNC(=O)CN(c2cccc(C)c2C)S(=O)(=O)c2ccccc2)c1. The largest absolute Gasteiger partial charge is 0.354 e. The Kier molecular flexibility index (Phi) is 8.58. The van der Waals surface area contributed by atoms with Crippen molar-refractivity contribution >= 4 is 33.4 Å². The molecule has 0 spiro atoms. The van der Waals surface area contributed by atoms with Crippen molar-refractivity contribution in [3.8, 4) is 0 Å². The lowest BCUT2D eigenvalue weighted by molar-refractivity contribution is -0.119. The van der Waals surface area contributed by atoms with Crippen LogP contribution >= 0.6 is 11.8 Å². The molecule has 0 aromatic heterocycles. The van der Waals surface area contributed by atoms with Gasteiger partial charge in [0.2, 0.25) is 5.91 Å². The molecule has 3 aromatic rings. The van der Waals surface area contributed by atoms with Crippen LogP contribution in [0, 0.1) is 20.8 Å². The van der Waals surface area contributed by atoms with E-state index in [9.17, 15) is 13.2 Å². The standard InChI is InChI=1S/C26H30N2O3S2/c1-20-9-7-11-23(17-20)19-32-16-15-27-26(29)18-28(25-14-8-10-21(2)22(25)3)33(30,31)24-12-5-4-6-13-24/h4-14,17H,15-16,18-19H2,1-3H3,(H,27,29). The van der Waals surface area contributed by atoms with Gasteiger partial charge in [0.05, 0.1) is 10.6 Å². The van der Waals surface area contributed by atoms with Gasteiger partial charge in [-0.1, -0.05) is 60.2 Å². The molecule has 0 aliphatic carbocycles. The van der Waals surface area contributed by atoms with Crippen molar-refractivity contribution in [1.82, 2.24) is 5.32 Å². The van der Waals surface area contributed by atoms with Crippen LogP contribution in [-0.4, -0.2) is 33.2 Å². The Morgan fingerprint density at radius 3 is 2.39 bits per heavy atom. The van der Waals surface area contributed by atoms with E-state index in [1.807, 2.05) is 32.0 Å². The van der Waals surface area contributed by atoms with Gasteiger partial charge in [-0.15, -0.1) is 0 Å². The Morgan fingerprint density at radius 1 is 0.939 bits per heavy atom. The van der Waals surface area contributed by atoms with E-state index in [2.05, 4.69) is 30.4 Å². The van der Waals surface area contributed by atoms with E-state index in [1.165, 1.54) is 15.4 Å². The van der Waals surface area contributed by atoms with Crippen molar-refractivity contribution in [3.05, 3.63) is 95.1 Å². The molecule has 5 nitrogen and oxygen atoms in total. The van der Waals surface area contributed by atoms with Crippen molar-refractivity contribution in [1.29, 1.82) is 0 Å². The number of carbonyl (C=O) groups excluding carboxylic acids is 1. The van der Waals surface area contributed by atoms with E-state index in [1.54, 1.807) is 48.2 Å². The number of carbonyl (C=O) groups is 1. The first-order chi connectivity index (χ1) is 15.8. The zero-order valence-electron chi connectivity index (χ0n) is 19.2. The highest BCUT2D eigenvalue weighted by Crippen LogP contribution is 2.28. The highest BCUT2D eigenvalue weighted by Gasteiger charge is 2.28. The summed E-state index contributed by atoms with van der Waals surface area (Å²) in [4.78, 5) is 12.9. The van der Waals surface area contributed by atoms with Crippen LogP contribution in [-0.2, 0) is 20.6 Å². The third kappa shape index (κ3) is 6.62. The molecule has 0 bridgehead atoms. The van der Waals surface area contributed by atoms with Crippen molar-refractivity contribution in [2.75, 3.05) is 23.1 Å². The summed E-state index contributed by atoms with van der Waals surface area (Å²) in [5.41, 5.74) is 4.80. The van der Waals surface area contributed by atoms with Gasteiger partial charge >= 0.3 is 0 Å². The lowest BCUT2D eigenvalue weighted by Crippen LogP contribution is -2.41. The first-order valence-corrected chi connectivity index (χ1v) is 13.4. The number of aryl methyl sites for hydroxylation is 2. The number of sulfonamides is 1. The van der Waals surface area contributed by atoms with Crippen LogP contribution in [0.5, 0.6) is 0 Å². The summed E-state index contributed by atoms with van der Waals surface area (Å²) in [6.45, 7) is 6.07. The average Bonchev–Trinajstić information content (AvgIpc) is 2.80. The minimum Gasteiger partial charge on any atom is -0.354 e. The van der Waals surface area contributed by atoms with Crippen molar-refractivity contribution in [2.24, 2.45) is 0 Å². The summed E-state index contributed by atoms with van der Waals surface area (Å²) in [6.07, 6.45) is 0. The Balaban J connectivity index is 1.67. The smallest absolute Gasteiger partial charge is 0.264 e. The molecule has 3 aromatic carbocycles. The summed E-state index contributed by atoms with van der Waals surface area (Å²) in [5, 5.41) is 2.87. The topological polar surface area (TPSA) is 66.5 Å². The van der Waals surface area contributed by atoms with Gasteiger partial charge in [-0.05, 0) is 55.7 Å². The van der Waals surface area contributed by atoms with Crippen molar-refractivity contribution in [2.45, 2.75) is 31.4 Å². The monoisotopic (exact) mass is 482 g/mol. The Labute approximate surface area is 201 Å². The maximum Gasteiger partial charge on any atom is 0.264 e. The number of nitrogens with zero attached hydrogens (tertiary/aromatic N) is 1. The van der Waals surface area contributed by atoms with Gasteiger partial charge in [-0.25, -0.2) is 8.42 Å². The lowest BCUT2D eigenvalue weighted by Gasteiger charge is -2.26. The number of amides is 1. The van der Waals surface area contributed by atoms with E-state index < -0.39 is 10.0 Å². The number of hydrogen-bond acceptors (Lipinski definition) is 4. The van der Waals surface area contributed by atoms with E-state index >= 15 is 0 Å².